The van der Waals surface area contributed by atoms with Crippen LogP contribution < -0.4 is 0 Å². The molecule has 0 unspecified atom stereocenters. The van der Waals surface area contributed by atoms with E-state index in [9.17, 15) is 19.2 Å². The van der Waals surface area contributed by atoms with E-state index in [0.29, 0.717) is 10.6 Å². The molecular weight excluding hydrogens is 477 g/mol. The molecule has 6 rings (SSSR count). The second-order valence-electron chi connectivity index (χ2n) is 9.49. The van der Waals surface area contributed by atoms with E-state index < -0.39 is 46.9 Å². The summed E-state index contributed by atoms with van der Waals surface area (Å²) in [5, 5.41) is 0.649. The Hall–Kier alpha value is -2.54. The number of likely N-dealkylation sites (tertiary alicyclic amines) is 1. The SMILES string of the molecule is O=C1[C@@H]2[C@H](c3ccc(Cl)cc3Cl)OC3(C(=O)c4ccccc4C3=O)[C@H]2C(=O)N1C1CCCCC1. The van der Waals surface area contributed by atoms with Gasteiger partial charge < -0.3 is 4.74 Å². The van der Waals surface area contributed by atoms with Crippen molar-refractivity contribution in [1.82, 2.24) is 4.90 Å². The maximum atomic E-state index is 13.9. The number of ether oxygens (including phenoxy) is 1. The maximum Gasteiger partial charge on any atom is 0.237 e. The van der Waals surface area contributed by atoms with Gasteiger partial charge in [0.2, 0.25) is 29.0 Å². The molecule has 0 bridgehead atoms. The minimum atomic E-state index is -2.07. The Kier molecular flexibility index (Phi) is 5.00. The van der Waals surface area contributed by atoms with Crippen LogP contribution in [0.4, 0.5) is 0 Å². The van der Waals surface area contributed by atoms with Crippen LogP contribution in [0.2, 0.25) is 10.0 Å². The highest BCUT2D eigenvalue weighted by atomic mass is 35.5. The summed E-state index contributed by atoms with van der Waals surface area (Å²) in [6.07, 6.45) is 3.32. The molecule has 2 heterocycles. The lowest BCUT2D eigenvalue weighted by atomic mass is 9.77. The summed E-state index contributed by atoms with van der Waals surface area (Å²) in [6, 6.07) is 11.0. The van der Waals surface area contributed by atoms with E-state index in [-0.39, 0.29) is 22.2 Å². The number of benzene rings is 2. The highest BCUT2D eigenvalue weighted by Crippen LogP contribution is 2.58. The zero-order chi connectivity index (χ0) is 23.8. The van der Waals surface area contributed by atoms with E-state index in [1.165, 1.54) is 11.0 Å². The van der Waals surface area contributed by atoms with Crippen molar-refractivity contribution in [2.75, 3.05) is 0 Å². The minimum absolute atomic E-state index is 0.213. The summed E-state index contributed by atoms with van der Waals surface area (Å²) in [5.41, 5.74) is -1.21. The number of Topliss-reactive ketones (excluding diaryl/α,β-unsaturated/α-hetero) is 2. The molecule has 0 radical (unpaired) electrons. The second kappa shape index (κ2) is 7.74. The molecule has 3 atom stereocenters. The van der Waals surface area contributed by atoms with E-state index in [1.54, 1.807) is 36.4 Å². The summed E-state index contributed by atoms with van der Waals surface area (Å²) in [7, 11) is 0. The molecule has 8 heteroatoms. The Morgan fingerprint density at radius 2 is 1.50 bits per heavy atom. The Morgan fingerprint density at radius 1 is 0.853 bits per heavy atom. The van der Waals surface area contributed by atoms with Gasteiger partial charge in [0.05, 0.1) is 17.9 Å². The van der Waals surface area contributed by atoms with Crippen molar-refractivity contribution in [1.29, 1.82) is 0 Å². The maximum absolute atomic E-state index is 13.9. The van der Waals surface area contributed by atoms with Crippen LogP contribution in [-0.2, 0) is 14.3 Å². The first-order valence-electron chi connectivity index (χ1n) is 11.5. The molecule has 174 valence electrons. The normalized spacial score (nSPS) is 28.2. The molecule has 4 aliphatic rings. The Balaban J connectivity index is 1.52. The lowest BCUT2D eigenvalue weighted by Gasteiger charge is -2.33. The number of hydrogen-bond donors (Lipinski definition) is 0. The fourth-order valence-corrected chi connectivity index (χ4v) is 6.77. The molecular formula is C26H21Cl2NO5. The van der Waals surface area contributed by atoms with Gasteiger partial charge >= 0.3 is 0 Å². The van der Waals surface area contributed by atoms with Gasteiger partial charge in [-0.1, -0.05) is 72.8 Å². The van der Waals surface area contributed by atoms with Gasteiger partial charge in [-0.3, -0.25) is 24.1 Å². The molecule has 6 nitrogen and oxygen atoms in total. The summed E-state index contributed by atoms with van der Waals surface area (Å²) in [5.74, 6) is -4.28. The quantitative estimate of drug-likeness (QED) is 0.438. The van der Waals surface area contributed by atoms with Gasteiger partial charge in [0.1, 0.15) is 0 Å². The standard InChI is InChI=1S/C26H21Cl2NO5/c27-13-10-11-17(18(28)12-13)21-19-20(25(33)29(24(19)32)14-6-2-1-3-7-14)26(34-21)22(30)15-8-4-5-9-16(15)23(26)31/h4-5,8-12,14,19-21H,1-3,6-7H2/t19-,20+,21-/m0/s1. The average Bonchev–Trinajstić information content (AvgIpc) is 3.40. The van der Waals surface area contributed by atoms with Crippen LogP contribution in [-0.4, -0.2) is 39.9 Å². The van der Waals surface area contributed by atoms with Crippen LogP contribution in [0.1, 0.15) is 64.5 Å². The van der Waals surface area contributed by atoms with Crippen LogP contribution in [0.25, 0.3) is 0 Å². The number of fused-ring (bicyclic) bond motifs is 3. The number of ketones is 2. The predicted molar refractivity (Wildman–Crippen MR) is 124 cm³/mol. The number of hydrogen-bond acceptors (Lipinski definition) is 5. The zero-order valence-corrected chi connectivity index (χ0v) is 19.6. The van der Waals surface area contributed by atoms with Gasteiger partial charge in [0.15, 0.2) is 0 Å². The van der Waals surface area contributed by atoms with E-state index in [0.717, 1.165) is 32.1 Å². The molecule has 2 aliphatic heterocycles. The molecule has 1 spiro atoms. The fraction of sp³-hybridized carbons (Fsp3) is 0.385. The van der Waals surface area contributed by atoms with Gasteiger partial charge in [0, 0.05) is 32.8 Å². The van der Waals surface area contributed by atoms with Crippen molar-refractivity contribution in [2.45, 2.75) is 49.9 Å². The highest BCUT2D eigenvalue weighted by Gasteiger charge is 2.75. The first-order chi connectivity index (χ1) is 16.4. The Bertz CT molecular complexity index is 1230. The molecule has 3 fully saturated rings. The number of imide groups is 1. The average molecular weight is 498 g/mol. The lowest BCUT2D eigenvalue weighted by molar-refractivity contribution is -0.148. The Morgan fingerprint density at radius 3 is 2.12 bits per heavy atom. The summed E-state index contributed by atoms with van der Waals surface area (Å²) in [4.78, 5) is 56.5. The van der Waals surface area contributed by atoms with Crippen molar-refractivity contribution in [3.63, 3.8) is 0 Å². The number of carbonyl (C=O) groups is 4. The van der Waals surface area contributed by atoms with E-state index in [2.05, 4.69) is 0 Å². The molecule has 2 amide bonds. The second-order valence-corrected chi connectivity index (χ2v) is 10.3. The third-order valence-electron chi connectivity index (χ3n) is 7.76. The third kappa shape index (κ3) is 2.79. The predicted octanol–water partition coefficient (Wildman–Crippen LogP) is 4.82. The third-order valence-corrected chi connectivity index (χ3v) is 8.32. The van der Waals surface area contributed by atoms with Gasteiger partial charge in [-0.25, -0.2) is 0 Å². The van der Waals surface area contributed by atoms with E-state index in [1.807, 2.05) is 0 Å². The molecule has 0 aromatic heterocycles. The molecule has 2 aromatic carbocycles. The van der Waals surface area contributed by atoms with Gasteiger partial charge in [-0.05, 0) is 25.0 Å². The number of carbonyl (C=O) groups excluding carboxylic acids is 4. The molecule has 2 aliphatic carbocycles. The molecule has 1 saturated carbocycles. The minimum Gasteiger partial charge on any atom is -0.349 e. The summed E-state index contributed by atoms with van der Waals surface area (Å²) < 4.78 is 6.27. The monoisotopic (exact) mass is 497 g/mol. The van der Waals surface area contributed by atoms with Crippen molar-refractivity contribution in [3.05, 3.63) is 69.2 Å². The van der Waals surface area contributed by atoms with Gasteiger partial charge in [0.25, 0.3) is 0 Å². The van der Waals surface area contributed by atoms with Crippen LogP contribution in [0.5, 0.6) is 0 Å². The molecule has 0 N–H and O–H groups in total. The van der Waals surface area contributed by atoms with Crippen molar-refractivity contribution in [3.8, 4) is 0 Å². The van der Waals surface area contributed by atoms with Crippen LogP contribution in [0, 0.1) is 11.8 Å². The smallest absolute Gasteiger partial charge is 0.237 e. The number of halogens is 2. The fourth-order valence-electron chi connectivity index (χ4n) is 6.25. The largest absolute Gasteiger partial charge is 0.349 e. The summed E-state index contributed by atoms with van der Waals surface area (Å²) >= 11 is 12.6. The number of rotatable bonds is 2. The lowest BCUT2D eigenvalue weighted by Crippen LogP contribution is -2.52. The van der Waals surface area contributed by atoms with Crippen LogP contribution in [0.3, 0.4) is 0 Å². The van der Waals surface area contributed by atoms with Crippen LogP contribution >= 0.6 is 23.2 Å². The van der Waals surface area contributed by atoms with Crippen LogP contribution in [0.15, 0.2) is 42.5 Å². The van der Waals surface area contributed by atoms with Gasteiger partial charge in [-0.15, -0.1) is 0 Å². The first-order valence-corrected chi connectivity index (χ1v) is 12.3. The van der Waals surface area contributed by atoms with Crippen molar-refractivity contribution >= 4 is 46.6 Å². The Labute approximate surface area is 206 Å². The number of amides is 2. The summed E-state index contributed by atoms with van der Waals surface area (Å²) in [6.45, 7) is 0. The highest BCUT2D eigenvalue weighted by molar-refractivity contribution is 6.36. The van der Waals surface area contributed by atoms with Crippen molar-refractivity contribution < 1.29 is 23.9 Å². The topological polar surface area (TPSA) is 80.8 Å². The molecule has 34 heavy (non-hydrogen) atoms. The van der Waals surface area contributed by atoms with Crippen molar-refractivity contribution in [2.24, 2.45) is 11.8 Å². The molecule has 2 aromatic rings. The molecule has 2 saturated heterocycles. The van der Waals surface area contributed by atoms with Gasteiger partial charge in [-0.2, -0.15) is 0 Å². The zero-order valence-electron chi connectivity index (χ0n) is 18.1. The van der Waals surface area contributed by atoms with E-state index in [4.69, 9.17) is 27.9 Å². The number of nitrogens with zero attached hydrogens (tertiary/aromatic N) is 1. The van der Waals surface area contributed by atoms with E-state index >= 15 is 0 Å². The first kappa shape index (κ1) is 22.0.